The van der Waals surface area contributed by atoms with Gasteiger partial charge in [-0.3, -0.25) is 9.59 Å². The summed E-state index contributed by atoms with van der Waals surface area (Å²) < 4.78 is 0. The van der Waals surface area contributed by atoms with E-state index in [-0.39, 0.29) is 11.8 Å². The molecule has 0 atom stereocenters. The first-order chi connectivity index (χ1) is 10.3. The summed E-state index contributed by atoms with van der Waals surface area (Å²) in [6.45, 7) is 10.1. The van der Waals surface area contributed by atoms with Gasteiger partial charge in [0, 0.05) is 12.2 Å². The van der Waals surface area contributed by atoms with Crippen molar-refractivity contribution in [2.45, 2.75) is 53.9 Å². The van der Waals surface area contributed by atoms with Gasteiger partial charge in [0.1, 0.15) is 5.41 Å². The second-order valence-electron chi connectivity index (χ2n) is 6.34. The zero-order valence-corrected chi connectivity index (χ0v) is 14.4. The molecular formula is C18H28N2O2. The molecule has 122 valence electrons. The molecule has 1 rings (SSSR count). The van der Waals surface area contributed by atoms with E-state index in [1.165, 1.54) is 5.56 Å². The molecule has 0 aliphatic heterocycles. The van der Waals surface area contributed by atoms with Gasteiger partial charge in [0.05, 0.1) is 0 Å². The van der Waals surface area contributed by atoms with E-state index in [1.54, 1.807) is 13.8 Å². The van der Waals surface area contributed by atoms with Crippen LogP contribution in [0, 0.1) is 19.3 Å². The summed E-state index contributed by atoms with van der Waals surface area (Å²) in [5, 5.41) is 5.68. The van der Waals surface area contributed by atoms with Crippen molar-refractivity contribution in [1.29, 1.82) is 0 Å². The maximum atomic E-state index is 12.4. The van der Waals surface area contributed by atoms with Crippen LogP contribution in [-0.2, 0) is 9.59 Å². The Bertz CT molecular complexity index is 536. The standard InChI is InChI=1S/C18H28N2O2/c1-6-7-8-11-19-16(21)18(4,5)17(22)20-15-10-9-13(2)14(3)12-15/h9-10,12H,6-8,11H2,1-5H3,(H,19,21)(H,20,22). The van der Waals surface area contributed by atoms with Gasteiger partial charge in [-0.1, -0.05) is 25.8 Å². The van der Waals surface area contributed by atoms with Crippen molar-refractivity contribution in [3.8, 4) is 0 Å². The molecule has 0 aliphatic rings. The van der Waals surface area contributed by atoms with Crippen LogP contribution in [-0.4, -0.2) is 18.4 Å². The number of amides is 2. The molecule has 0 bridgehead atoms. The number of aryl methyl sites for hydroxylation is 2. The Balaban J connectivity index is 2.64. The molecule has 0 radical (unpaired) electrons. The Morgan fingerprint density at radius 2 is 1.73 bits per heavy atom. The fourth-order valence-corrected chi connectivity index (χ4v) is 2.01. The minimum atomic E-state index is -1.09. The molecule has 22 heavy (non-hydrogen) atoms. The predicted molar refractivity (Wildman–Crippen MR) is 90.9 cm³/mol. The van der Waals surface area contributed by atoms with Crippen molar-refractivity contribution < 1.29 is 9.59 Å². The molecule has 0 saturated carbocycles. The molecule has 2 amide bonds. The molecule has 0 heterocycles. The van der Waals surface area contributed by atoms with Crippen LogP contribution in [0.2, 0.25) is 0 Å². The number of carbonyl (C=O) groups excluding carboxylic acids is 2. The second kappa shape index (κ2) is 7.97. The topological polar surface area (TPSA) is 58.2 Å². The smallest absolute Gasteiger partial charge is 0.239 e. The van der Waals surface area contributed by atoms with E-state index in [9.17, 15) is 9.59 Å². The second-order valence-corrected chi connectivity index (χ2v) is 6.34. The van der Waals surface area contributed by atoms with Crippen molar-refractivity contribution in [3.63, 3.8) is 0 Å². The third kappa shape index (κ3) is 4.86. The number of hydrogen-bond acceptors (Lipinski definition) is 2. The highest BCUT2D eigenvalue weighted by molar-refractivity contribution is 6.09. The Morgan fingerprint density at radius 3 is 2.32 bits per heavy atom. The molecule has 1 aromatic rings. The number of hydrogen-bond donors (Lipinski definition) is 2. The predicted octanol–water partition coefficient (Wildman–Crippen LogP) is 3.57. The lowest BCUT2D eigenvalue weighted by Crippen LogP contribution is -2.45. The van der Waals surface area contributed by atoms with Crippen molar-refractivity contribution in [1.82, 2.24) is 5.32 Å². The summed E-state index contributed by atoms with van der Waals surface area (Å²) in [5.74, 6) is -0.520. The van der Waals surface area contributed by atoms with Crippen LogP contribution in [0.25, 0.3) is 0 Å². The van der Waals surface area contributed by atoms with Crippen LogP contribution in [0.5, 0.6) is 0 Å². The monoisotopic (exact) mass is 304 g/mol. The summed E-state index contributed by atoms with van der Waals surface area (Å²) >= 11 is 0. The summed E-state index contributed by atoms with van der Waals surface area (Å²) in [4.78, 5) is 24.6. The molecule has 0 saturated heterocycles. The van der Waals surface area contributed by atoms with E-state index in [2.05, 4.69) is 17.6 Å². The molecule has 0 aromatic heterocycles. The van der Waals surface area contributed by atoms with Crippen molar-refractivity contribution in [3.05, 3.63) is 29.3 Å². The van der Waals surface area contributed by atoms with E-state index in [4.69, 9.17) is 0 Å². The molecule has 0 spiro atoms. The zero-order valence-electron chi connectivity index (χ0n) is 14.4. The van der Waals surface area contributed by atoms with E-state index in [1.807, 2.05) is 32.0 Å². The van der Waals surface area contributed by atoms with Gasteiger partial charge in [-0.05, 0) is 57.4 Å². The molecule has 0 fully saturated rings. The maximum Gasteiger partial charge on any atom is 0.239 e. The number of rotatable bonds is 7. The lowest BCUT2D eigenvalue weighted by atomic mass is 9.90. The van der Waals surface area contributed by atoms with E-state index < -0.39 is 5.41 Å². The molecular weight excluding hydrogens is 276 g/mol. The van der Waals surface area contributed by atoms with Gasteiger partial charge in [0.15, 0.2) is 0 Å². The molecule has 2 N–H and O–H groups in total. The highest BCUT2D eigenvalue weighted by Gasteiger charge is 2.35. The van der Waals surface area contributed by atoms with Crippen LogP contribution < -0.4 is 10.6 Å². The number of anilines is 1. The van der Waals surface area contributed by atoms with Gasteiger partial charge in [-0.15, -0.1) is 0 Å². The largest absolute Gasteiger partial charge is 0.355 e. The average Bonchev–Trinajstić information content (AvgIpc) is 2.47. The molecule has 4 nitrogen and oxygen atoms in total. The van der Waals surface area contributed by atoms with Crippen LogP contribution in [0.1, 0.15) is 51.2 Å². The quantitative estimate of drug-likeness (QED) is 0.597. The van der Waals surface area contributed by atoms with Gasteiger partial charge in [0.2, 0.25) is 11.8 Å². The number of nitrogens with one attached hydrogen (secondary N) is 2. The fraction of sp³-hybridized carbons (Fsp3) is 0.556. The first-order valence-corrected chi connectivity index (χ1v) is 7.96. The highest BCUT2D eigenvalue weighted by Crippen LogP contribution is 2.20. The minimum absolute atomic E-state index is 0.232. The van der Waals surface area contributed by atoms with Gasteiger partial charge in [-0.2, -0.15) is 0 Å². The van der Waals surface area contributed by atoms with Gasteiger partial charge in [-0.25, -0.2) is 0 Å². The van der Waals surface area contributed by atoms with Crippen LogP contribution in [0.3, 0.4) is 0 Å². The van der Waals surface area contributed by atoms with E-state index >= 15 is 0 Å². The molecule has 1 aromatic carbocycles. The van der Waals surface area contributed by atoms with E-state index in [0.29, 0.717) is 6.54 Å². The Morgan fingerprint density at radius 1 is 1.05 bits per heavy atom. The Hall–Kier alpha value is -1.84. The van der Waals surface area contributed by atoms with Gasteiger partial charge in [0.25, 0.3) is 0 Å². The number of benzene rings is 1. The van der Waals surface area contributed by atoms with Gasteiger partial charge < -0.3 is 10.6 Å². The highest BCUT2D eigenvalue weighted by atomic mass is 16.2. The maximum absolute atomic E-state index is 12.4. The summed E-state index contributed by atoms with van der Waals surface area (Å²) in [6.07, 6.45) is 3.12. The van der Waals surface area contributed by atoms with Crippen LogP contribution >= 0.6 is 0 Å². The van der Waals surface area contributed by atoms with Crippen LogP contribution in [0.4, 0.5) is 5.69 Å². The first-order valence-electron chi connectivity index (χ1n) is 7.96. The first kappa shape index (κ1) is 18.2. The SMILES string of the molecule is CCCCCNC(=O)C(C)(C)C(=O)Nc1ccc(C)c(C)c1. The van der Waals surface area contributed by atoms with Crippen LogP contribution in [0.15, 0.2) is 18.2 Å². The fourth-order valence-electron chi connectivity index (χ4n) is 2.01. The van der Waals surface area contributed by atoms with Gasteiger partial charge >= 0.3 is 0 Å². The van der Waals surface area contributed by atoms with Crippen molar-refractivity contribution >= 4 is 17.5 Å². The van der Waals surface area contributed by atoms with Crippen molar-refractivity contribution in [2.24, 2.45) is 5.41 Å². The third-order valence-corrected chi connectivity index (χ3v) is 3.97. The lowest BCUT2D eigenvalue weighted by Gasteiger charge is -2.23. The lowest BCUT2D eigenvalue weighted by molar-refractivity contribution is -0.138. The van der Waals surface area contributed by atoms with E-state index in [0.717, 1.165) is 30.5 Å². The number of carbonyl (C=O) groups is 2. The Kier molecular flexibility index (Phi) is 6.60. The third-order valence-electron chi connectivity index (χ3n) is 3.97. The summed E-state index contributed by atoms with van der Waals surface area (Å²) in [7, 11) is 0. The summed E-state index contributed by atoms with van der Waals surface area (Å²) in [5.41, 5.74) is 1.91. The molecule has 0 unspecified atom stereocenters. The summed E-state index contributed by atoms with van der Waals surface area (Å²) in [6, 6.07) is 5.74. The number of unbranched alkanes of at least 4 members (excludes halogenated alkanes) is 2. The van der Waals surface area contributed by atoms with Crippen molar-refractivity contribution in [2.75, 3.05) is 11.9 Å². The molecule has 0 aliphatic carbocycles. The average molecular weight is 304 g/mol. The Labute approximate surface area is 133 Å². The zero-order chi connectivity index (χ0) is 16.8. The minimum Gasteiger partial charge on any atom is -0.355 e. The molecule has 4 heteroatoms. The normalized spacial score (nSPS) is 11.1.